The van der Waals surface area contributed by atoms with Crippen LogP contribution in [0.5, 0.6) is 0 Å². The van der Waals surface area contributed by atoms with E-state index in [0.717, 1.165) is 31.7 Å². The number of fused-ring (bicyclic) bond motifs is 1. The molecule has 0 saturated carbocycles. The molecule has 0 aromatic heterocycles. The standard InChI is InChI=1S/C25H32F2N2OS/c1-3-16-8-9-18-6-5-7-22(21(18)12-16)28-15-24(31)23(29-25(30)4-2)13-17-10-19(26)14-20(27)11-17/h8-12,14,22-24,28,31H,3-7,13,15H2,1-2H3,(H,29,30)/t22-,23+,24-/m1/s1. The Labute approximate surface area is 189 Å². The first-order valence-electron chi connectivity index (χ1n) is 11.2. The van der Waals surface area contributed by atoms with Gasteiger partial charge in [-0.05, 0) is 66.5 Å². The van der Waals surface area contributed by atoms with Crippen molar-refractivity contribution in [1.29, 1.82) is 0 Å². The second kappa shape index (κ2) is 11.1. The molecule has 2 aromatic rings. The molecular formula is C25H32F2N2OS. The molecule has 1 aliphatic rings. The quantitative estimate of drug-likeness (QED) is 0.478. The molecule has 1 amide bonds. The molecule has 0 fully saturated rings. The summed E-state index contributed by atoms with van der Waals surface area (Å²) in [5.74, 6) is -1.33. The summed E-state index contributed by atoms with van der Waals surface area (Å²) in [4.78, 5) is 12.1. The number of amides is 1. The van der Waals surface area contributed by atoms with Crippen molar-refractivity contribution in [3.63, 3.8) is 0 Å². The second-order valence-electron chi connectivity index (χ2n) is 8.32. The Morgan fingerprint density at radius 2 is 1.87 bits per heavy atom. The van der Waals surface area contributed by atoms with Crippen LogP contribution in [0.25, 0.3) is 0 Å². The number of benzene rings is 2. The maximum atomic E-state index is 13.6. The molecule has 168 valence electrons. The number of hydrogen-bond acceptors (Lipinski definition) is 3. The van der Waals surface area contributed by atoms with Gasteiger partial charge in [-0.1, -0.05) is 32.0 Å². The molecular weight excluding hydrogens is 414 g/mol. The molecule has 0 unspecified atom stereocenters. The Morgan fingerprint density at radius 1 is 1.13 bits per heavy atom. The van der Waals surface area contributed by atoms with Crippen LogP contribution in [0, 0.1) is 11.6 Å². The molecule has 3 atom stereocenters. The minimum absolute atomic E-state index is 0.100. The van der Waals surface area contributed by atoms with Crippen LogP contribution in [0.2, 0.25) is 0 Å². The lowest BCUT2D eigenvalue weighted by Crippen LogP contribution is -2.46. The van der Waals surface area contributed by atoms with E-state index in [2.05, 4.69) is 35.8 Å². The lowest BCUT2D eigenvalue weighted by molar-refractivity contribution is -0.121. The fraction of sp³-hybridized carbons (Fsp3) is 0.480. The highest BCUT2D eigenvalue weighted by atomic mass is 32.1. The van der Waals surface area contributed by atoms with Gasteiger partial charge in [0.05, 0.1) is 0 Å². The van der Waals surface area contributed by atoms with Crippen LogP contribution in [0.1, 0.15) is 61.4 Å². The molecule has 0 saturated heterocycles. The van der Waals surface area contributed by atoms with Crippen molar-refractivity contribution in [2.45, 2.75) is 69.7 Å². The van der Waals surface area contributed by atoms with E-state index in [1.165, 1.54) is 28.8 Å². The summed E-state index contributed by atoms with van der Waals surface area (Å²) in [5.41, 5.74) is 4.58. The van der Waals surface area contributed by atoms with Crippen molar-refractivity contribution in [3.8, 4) is 0 Å². The van der Waals surface area contributed by atoms with E-state index in [1.54, 1.807) is 6.92 Å². The highest BCUT2D eigenvalue weighted by molar-refractivity contribution is 7.81. The minimum atomic E-state index is -0.616. The number of aryl methyl sites for hydroxylation is 2. The smallest absolute Gasteiger partial charge is 0.219 e. The molecule has 0 radical (unpaired) electrons. The number of thiol groups is 1. The van der Waals surface area contributed by atoms with Gasteiger partial charge < -0.3 is 10.6 Å². The molecule has 2 N–H and O–H groups in total. The molecule has 0 bridgehead atoms. The number of carbonyl (C=O) groups is 1. The van der Waals surface area contributed by atoms with Gasteiger partial charge in [-0.2, -0.15) is 12.6 Å². The van der Waals surface area contributed by atoms with Gasteiger partial charge in [0, 0.05) is 36.4 Å². The summed E-state index contributed by atoms with van der Waals surface area (Å²) >= 11 is 4.76. The molecule has 1 aliphatic carbocycles. The topological polar surface area (TPSA) is 41.1 Å². The Hall–Kier alpha value is -1.92. The fourth-order valence-corrected chi connectivity index (χ4v) is 4.55. The van der Waals surface area contributed by atoms with Crippen LogP contribution in [0.3, 0.4) is 0 Å². The van der Waals surface area contributed by atoms with E-state index in [4.69, 9.17) is 12.6 Å². The van der Waals surface area contributed by atoms with Crippen LogP contribution in [0.15, 0.2) is 36.4 Å². The van der Waals surface area contributed by atoms with E-state index in [0.29, 0.717) is 24.9 Å². The first kappa shape index (κ1) is 23.7. The third-order valence-corrected chi connectivity index (χ3v) is 6.56. The lowest BCUT2D eigenvalue weighted by Gasteiger charge is -2.30. The van der Waals surface area contributed by atoms with Gasteiger partial charge >= 0.3 is 0 Å². The predicted molar refractivity (Wildman–Crippen MR) is 125 cm³/mol. The van der Waals surface area contributed by atoms with Crippen molar-refractivity contribution in [2.75, 3.05) is 6.54 Å². The SMILES string of the molecule is CCC(=O)N[C@@H](Cc1cc(F)cc(F)c1)[C@H](S)CN[C@@H]1CCCc2ccc(CC)cc21. The first-order chi connectivity index (χ1) is 14.9. The average Bonchev–Trinajstić information content (AvgIpc) is 2.75. The minimum Gasteiger partial charge on any atom is -0.352 e. The van der Waals surface area contributed by atoms with Crippen molar-refractivity contribution in [2.24, 2.45) is 0 Å². The van der Waals surface area contributed by atoms with Gasteiger partial charge in [-0.15, -0.1) is 0 Å². The summed E-state index contributed by atoms with van der Waals surface area (Å²) in [6, 6.07) is 10.1. The van der Waals surface area contributed by atoms with Gasteiger partial charge in [0.15, 0.2) is 0 Å². The van der Waals surface area contributed by atoms with Crippen molar-refractivity contribution >= 4 is 18.5 Å². The Bertz CT molecular complexity index is 885. The molecule has 3 rings (SSSR count). The van der Waals surface area contributed by atoms with Crippen molar-refractivity contribution in [3.05, 3.63) is 70.3 Å². The van der Waals surface area contributed by atoms with Crippen LogP contribution in [-0.2, 0) is 24.1 Å². The number of hydrogen-bond donors (Lipinski definition) is 3. The normalized spacial score (nSPS) is 17.6. The van der Waals surface area contributed by atoms with E-state index in [1.807, 2.05) is 0 Å². The van der Waals surface area contributed by atoms with Gasteiger partial charge in [-0.3, -0.25) is 4.79 Å². The number of nitrogens with one attached hydrogen (secondary N) is 2. The van der Waals surface area contributed by atoms with E-state index >= 15 is 0 Å². The van der Waals surface area contributed by atoms with Crippen LogP contribution < -0.4 is 10.6 Å². The van der Waals surface area contributed by atoms with Crippen LogP contribution in [-0.4, -0.2) is 23.7 Å². The lowest BCUT2D eigenvalue weighted by atomic mass is 9.86. The third-order valence-electron chi connectivity index (χ3n) is 6.02. The summed E-state index contributed by atoms with van der Waals surface area (Å²) in [7, 11) is 0. The Balaban J connectivity index is 1.70. The largest absolute Gasteiger partial charge is 0.352 e. The van der Waals surface area contributed by atoms with Crippen molar-refractivity contribution in [1.82, 2.24) is 10.6 Å². The van der Waals surface area contributed by atoms with Crippen LogP contribution >= 0.6 is 12.6 Å². The summed E-state index contributed by atoms with van der Waals surface area (Å²) in [5, 5.41) is 6.41. The maximum Gasteiger partial charge on any atom is 0.219 e. The Morgan fingerprint density at radius 3 is 2.55 bits per heavy atom. The zero-order valence-corrected chi connectivity index (χ0v) is 19.2. The molecule has 2 aromatic carbocycles. The molecule has 3 nitrogen and oxygen atoms in total. The first-order valence-corrected chi connectivity index (χ1v) is 11.7. The molecule has 31 heavy (non-hydrogen) atoms. The molecule has 0 aliphatic heterocycles. The van der Waals surface area contributed by atoms with Gasteiger partial charge in [0.1, 0.15) is 11.6 Å². The van der Waals surface area contributed by atoms with Crippen molar-refractivity contribution < 1.29 is 13.6 Å². The highest BCUT2D eigenvalue weighted by Gasteiger charge is 2.25. The van der Waals surface area contributed by atoms with Crippen LogP contribution in [0.4, 0.5) is 8.78 Å². The number of rotatable bonds is 9. The maximum absolute atomic E-state index is 13.6. The second-order valence-corrected chi connectivity index (χ2v) is 8.98. The predicted octanol–water partition coefficient (Wildman–Crippen LogP) is 4.93. The van der Waals surface area contributed by atoms with Gasteiger partial charge in [-0.25, -0.2) is 8.78 Å². The molecule has 0 heterocycles. The summed E-state index contributed by atoms with van der Waals surface area (Å²) in [6.45, 7) is 4.52. The highest BCUT2D eigenvalue weighted by Crippen LogP contribution is 2.31. The molecule has 0 spiro atoms. The summed E-state index contributed by atoms with van der Waals surface area (Å²) in [6.07, 6.45) is 4.95. The number of carbonyl (C=O) groups excluding carboxylic acids is 1. The number of halogens is 2. The average molecular weight is 447 g/mol. The monoisotopic (exact) mass is 446 g/mol. The van der Waals surface area contributed by atoms with Gasteiger partial charge in [0.25, 0.3) is 0 Å². The zero-order chi connectivity index (χ0) is 22.4. The van der Waals surface area contributed by atoms with Gasteiger partial charge in [0.2, 0.25) is 5.91 Å². The Kier molecular flexibility index (Phi) is 8.50. The summed E-state index contributed by atoms with van der Waals surface area (Å²) < 4.78 is 27.3. The van der Waals surface area contributed by atoms with E-state index in [9.17, 15) is 13.6 Å². The zero-order valence-electron chi connectivity index (χ0n) is 18.3. The van der Waals surface area contributed by atoms with E-state index < -0.39 is 11.6 Å². The third kappa shape index (κ3) is 6.53. The molecule has 6 heteroatoms. The van der Waals surface area contributed by atoms with E-state index in [-0.39, 0.29) is 23.2 Å². The fourth-order valence-electron chi connectivity index (χ4n) is 4.26.